The van der Waals surface area contributed by atoms with E-state index in [4.69, 9.17) is 18.0 Å². The van der Waals surface area contributed by atoms with Crippen LogP contribution in [0.4, 0.5) is 5.82 Å². The number of thiocarbonyl (C=S) groups is 1. The van der Waals surface area contributed by atoms with Crippen LogP contribution in [0, 0.1) is 5.92 Å². The first-order chi connectivity index (χ1) is 7.70. The molecule has 0 radical (unpaired) electrons. The first-order valence-corrected chi connectivity index (χ1v) is 6.14. The summed E-state index contributed by atoms with van der Waals surface area (Å²) in [4.78, 5) is 4.69. The van der Waals surface area contributed by atoms with Gasteiger partial charge in [0.15, 0.2) is 0 Å². The zero-order valence-electron chi connectivity index (χ0n) is 9.44. The summed E-state index contributed by atoms with van der Waals surface area (Å²) in [5.41, 5.74) is 6.46. The minimum absolute atomic E-state index is 0.423. The van der Waals surface area contributed by atoms with Crippen LogP contribution in [0.2, 0.25) is 0 Å². The Morgan fingerprint density at radius 2 is 2.50 bits per heavy atom. The summed E-state index contributed by atoms with van der Waals surface area (Å²) in [6, 6.07) is 4.35. The molecular formula is C12H17N3S. The first-order valence-electron chi connectivity index (χ1n) is 5.73. The maximum Gasteiger partial charge on any atom is 0.126 e. The number of anilines is 1. The van der Waals surface area contributed by atoms with E-state index >= 15 is 0 Å². The van der Waals surface area contributed by atoms with E-state index in [9.17, 15) is 0 Å². The topological polar surface area (TPSA) is 50.9 Å². The van der Waals surface area contributed by atoms with Crippen molar-refractivity contribution in [3.63, 3.8) is 0 Å². The maximum atomic E-state index is 5.58. The monoisotopic (exact) mass is 235 g/mol. The lowest BCUT2D eigenvalue weighted by Gasteiger charge is -2.06. The fraction of sp³-hybridized carbons (Fsp3) is 0.500. The van der Waals surface area contributed by atoms with Crippen molar-refractivity contribution in [2.45, 2.75) is 32.2 Å². The summed E-state index contributed by atoms with van der Waals surface area (Å²) in [7, 11) is 0. The van der Waals surface area contributed by atoms with Crippen LogP contribution in [0.3, 0.4) is 0 Å². The van der Waals surface area contributed by atoms with Crippen LogP contribution in [0.25, 0.3) is 0 Å². The van der Waals surface area contributed by atoms with Crippen molar-refractivity contribution in [2.75, 3.05) is 5.32 Å². The molecule has 0 aliphatic heterocycles. The highest BCUT2D eigenvalue weighted by atomic mass is 32.1. The molecule has 1 fully saturated rings. The zero-order chi connectivity index (χ0) is 11.5. The largest absolute Gasteiger partial charge is 0.389 e. The van der Waals surface area contributed by atoms with Crippen molar-refractivity contribution >= 4 is 23.0 Å². The van der Waals surface area contributed by atoms with Gasteiger partial charge in [-0.05, 0) is 30.9 Å². The van der Waals surface area contributed by atoms with E-state index in [2.05, 4.69) is 17.2 Å². The molecule has 1 saturated carbocycles. The Bertz CT molecular complexity index is 392. The minimum atomic E-state index is 0.423. The highest BCUT2D eigenvalue weighted by Crippen LogP contribution is 2.36. The molecule has 1 aromatic rings. The average Bonchev–Trinajstić information content (AvgIpc) is 2.97. The summed E-state index contributed by atoms with van der Waals surface area (Å²) < 4.78 is 0. The van der Waals surface area contributed by atoms with Crippen LogP contribution < -0.4 is 11.1 Å². The van der Waals surface area contributed by atoms with Gasteiger partial charge in [0.2, 0.25) is 0 Å². The van der Waals surface area contributed by atoms with Gasteiger partial charge in [0.1, 0.15) is 10.8 Å². The van der Waals surface area contributed by atoms with E-state index < -0.39 is 0 Å². The van der Waals surface area contributed by atoms with Crippen molar-refractivity contribution in [1.29, 1.82) is 0 Å². The van der Waals surface area contributed by atoms with E-state index in [0.717, 1.165) is 17.3 Å². The fourth-order valence-corrected chi connectivity index (χ4v) is 2.09. The summed E-state index contributed by atoms with van der Waals surface area (Å²) in [5, 5.41) is 3.42. The van der Waals surface area contributed by atoms with Gasteiger partial charge in [0, 0.05) is 17.8 Å². The summed E-state index contributed by atoms with van der Waals surface area (Å²) >= 11 is 4.94. The van der Waals surface area contributed by atoms with E-state index in [1.807, 2.05) is 12.1 Å². The third kappa shape index (κ3) is 2.70. The molecule has 86 valence electrons. The van der Waals surface area contributed by atoms with Gasteiger partial charge in [-0.15, -0.1) is 0 Å². The third-order valence-electron chi connectivity index (χ3n) is 2.96. The van der Waals surface area contributed by atoms with Crippen LogP contribution in [0.15, 0.2) is 18.3 Å². The molecule has 2 atom stereocenters. The van der Waals surface area contributed by atoms with Gasteiger partial charge >= 0.3 is 0 Å². The van der Waals surface area contributed by atoms with E-state index in [0.29, 0.717) is 11.0 Å². The molecule has 0 amide bonds. The Labute approximate surface area is 101 Å². The molecule has 16 heavy (non-hydrogen) atoms. The van der Waals surface area contributed by atoms with Crippen LogP contribution >= 0.6 is 12.2 Å². The quantitative estimate of drug-likeness (QED) is 0.769. The average molecular weight is 235 g/mol. The summed E-state index contributed by atoms with van der Waals surface area (Å²) in [6.07, 6.45) is 5.55. The van der Waals surface area contributed by atoms with Gasteiger partial charge in [-0.3, -0.25) is 0 Å². The molecule has 0 bridgehead atoms. The second kappa shape index (κ2) is 4.78. The molecule has 3 N–H and O–H groups in total. The van der Waals surface area contributed by atoms with Crippen molar-refractivity contribution in [1.82, 2.24) is 4.98 Å². The normalized spacial score (nSPS) is 22.8. The molecule has 1 aliphatic carbocycles. The van der Waals surface area contributed by atoms with Gasteiger partial charge in [0.05, 0.1) is 0 Å². The Hall–Kier alpha value is -1.16. The number of hydrogen-bond donors (Lipinski definition) is 2. The number of hydrogen-bond acceptors (Lipinski definition) is 3. The molecule has 2 rings (SSSR count). The second-order valence-corrected chi connectivity index (χ2v) is 4.77. The molecule has 2 unspecified atom stereocenters. The fourth-order valence-electron chi connectivity index (χ4n) is 1.97. The van der Waals surface area contributed by atoms with Crippen LogP contribution in [0.5, 0.6) is 0 Å². The van der Waals surface area contributed by atoms with E-state index in [1.54, 1.807) is 6.20 Å². The molecule has 1 heterocycles. The Kier molecular flexibility index (Phi) is 3.39. The smallest absolute Gasteiger partial charge is 0.126 e. The summed E-state index contributed by atoms with van der Waals surface area (Å²) in [5.74, 6) is 1.70. The van der Waals surface area contributed by atoms with Crippen LogP contribution in [0.1, 0.15) is 31.7 Å². The molecular weight excluding hydrogens is 218 g/mol. The predicted molar refractivity (Wildman–Crippen MR) is 70.6 cm³/mol. The minimum Gasteiger partial charge on any atom is -0.389 e. The van der Waals surface area contributed by atoms with Crippen molar-refractivity contribution in [2.24, 2.45) is 11.7 Å². The van der Waals surface area contributed by atoms with Crippen LogP contribution in [-0.4, -0.2) is 16.0 Å². The number of pyridine rings is 1. The molecule has 0 aromatic carbocycles. The number of rotatable bonds is 5. The number of aromatic nitrogens is 1. The van der Waals surface area contributed by atoms with Crippen LogP contribution in [-0.2, 0) is 0 Å². The van der Waals surface area contributed by atoms with E-state index in [1.165, 1.54) is 19.3 Å². The number of nitrogens with two attached hydrogens (primary N) is 1. The highest BCUT2D eigenvalue weighted by Gasteiger charge is 2.36. The first kappa shape index (κ1) is 11.3. The van der Waals surface area contributed by atoms with Crippen molar-refractivity contribution < 1.29 is 0 Å². The van der Waals surface area contributed by atoms with E-state index in [-0.39, 0.29) is 0 Å². The van der Waals surface area contributed by atoms with Crippen molar-refractivity contribution in [3.05, 3.63) is 23.9 Å². The highest BCUT2D eigenvalue weighted by molar-refractivity contribution is 7.80. The second-order valence-electron chi connectivity index (χ2n) is 4.33. The van der Waals surface area contributed by atoms with Gasteiger partial charge in [0.25, 0.3) is 0 Å². The van der Waals surface area contributed by atoms with Gasteiger partial charge in [-0.25, -0.2) is 4.98 Å². The predicted octanol–water partition coefficient (Wildman–Crippen LogP) is 2.32. The summed E-state index contributed by atoms with van der Waals surface area (Å²) in [6.45, 7) is 2.22. The molecule has 1 aliphatic rings. The standard InChI is InChI=1S/C12H17N3S/c1-2-3-8-6-10(8)15-11-7-9(12(13)16)4-5-14-11/h4-5,7-8,10H,2-3,6H2,1H3,(H2,13,16)(H,14,15). The number of nitrogens with zero attached hydrogens (tertiary/aromatic N) is 1. The van der Waals surface area contributed by atoms with Gasteiger partial charge in [-0.1, -0.05) is 25.6 Å². The Morgan fingerprint density at radius 3 is 3.19 bits per heavy atom. The molecule has 0 spiro atoms. The lowest BCUT2D eigenvalue weighted by Crippen LogP contribution is -2.11. The molecule has 1 aromatic heterocycles. The lowest BCUT2D eigenvalue weighted by molar-refractivity contribution is 0.692. The third-order valence-corrected chi connectivity index (χ3v) is 3.20. The zero-order valence-corrected chi connectivity index (χ0v) is 10.3. The maximum absolute atomic E-state index is 5.58. The molecule has 3 nitrogen and oxygen atoms in total. The molecule has 4 heteroatoms. The molecule has 0 saturated heterocycles. The van der Waals surface area contributed by atoms with Crippen molar-refractivity contribution in [3.8, 4) is 0 Å². The van der Waals surface area contributed by atoms with Gasteiger partial charge in [-0.2, -0.15) is 0 Å². The Balaban J connectivity index is 1.95. The number of nitrogens with one attached hydrogen (secondary N) is 1. The lowest BCUT2D eigenvalue weighted by atomic mass is 10.2. The van der Waals surface area contributed by atoms with Gasteiger partial charge < -0.3 is 11.1 Å². The SMILES string of the molecule is CCCC1CC1Nc1cc(C(N)=S)ccn1. The Morgan fingerprint density at radius 1 is 1.69 bits per heavy atom.